The maximum Gasteiger partial charge on any atom is 0.252 e. The van der Waals surface area contributed by atoms with Gasteiger partial charge in [-0.05, 0) is 49.4 Å². The summed E-state index contributed by atoms with van der Waals surface area (Å²) in [7, 11) is -3.45. The van der Waals surface area contributed by atoms with Crippen LogP contribution in [0.4, 0.5) is 0 Å². The maximum atomic E-state index is 12.8. The predicted octanol–water partition coefficient (Wildman–Crippen LogP) is 2.91. The molecule has 2 amide bonds. The van der Waals surface area contributed by atoms with Gasteiger partial charge in [-0.2, -0.15) is 4.31 Å². The molecule has 9 heteroatoms. The molecule has 2 heterocycles. The van der Waals surface area contributed by atoms with Crippen molar-refractivity contribution in [3.05, 3.63) is 52.4 Å². The molecule has 0 saturated carbocycles. The lowest BCUT2D eigenvalue weighted by Crippen LogP contribution is -2.49. The van der Waals surface area contributed by atoms with Gasteiger partial charge in [0.05, 0.1) is 6.54 Å². The molecule has 168 valence electrons. The largest absolute Gasteiger partial charge is 0.349 e. The monoisotopic (exact) mass is 463 g/mol. The zero-order valence-corrected chi connectivity index (χ0v) is 19.7. The highest BCUT2D eigenvalue weighted by atomic mass is 32.2. The van der Waals surface area contributed by atoms with Gasteiger partial charge in [0, 0.05) is 23.5 Å². The lowest BCUT2D eigenvalue weighted by molar-refractivity contribution is -0.124. The van der Waals surface area contributed by atoms with Gasteiger partial charge in [0.2, 0.25) is 5.91 Å². The van der Waals surface area contributed by atoms with Gasteiger partial charge in [-0.3, -0.25) is 9.59 Å². The first-order valence-electron chi connectivity index (χ1n) is 10.4. The SMILES string of the molecule is Cc1ccccc1C(=O)NC(C(=O)NCc1ccc(S(=O)(=O)N2CCCC2)s1)C(C)C. The number of aryl methyl sites for hydroxylation is 1. The van der Waals surface area contributed by atoms with Crippen LogP contribution in [0.2, 0.25) is 0 Å². The van der Waals surface area contributed by atoms with E-state index in [0.717, 1.165) is 23.3 Å². The Labute approximate surface area is 187 Å². The average molecular weight is 464 g/mol. The van der Waals surface area contributed by atoms with E-state index >= 15 is 0 Å². The Morgan fingerprint density at radius 1 is 1.10 bits per heavy atom. The van der Waals surface area contributed by atoms with Gasteiger partial charge in [-0.25, -0.2) is 8.42 Å². The van der Waals surface area contributed by atoms with E-state index in [1.165, 1.54) is 15.6 Å². The summed E-state index contributed by atoms with van der Waals surface area (Å²) in [5, 5.41) is 5.66. The Morgan fingerprint density at radius 2 is 1.77 bits per heavy atom. The first-order valence-corrected chi connectivity index (χ1v) is 12.7. The van der Waals surface area contributed by atoms with Gasteiger partial charge in [0.15, 0.2) is 0 Å². The molecule has 0 aliphatic carbocycles. The molecule has 1 aromatic carbocycles. The van der Waals surface area contributed by atoms with Crippen LogP contribution in [0.5, 0.6) is 0 Å². The van der Waals surface area contributed by atoms with Gasteiger partial charge in [-0.15, -0.1) is 11.3 Å². The van der Waals surface area contributed by atoms with Crippen molar-refractivity contribution in [3.63, 3.8) is 0 Å². The van der Waals surface area contributed by atoms with Gasteiger partial charge in [0.25, 0.3) is 15.9 Å². The Balaban J connectivity index is 1.62. The number of sulfonamides is 1. The number of nitrogens with zero attached hydrogens (tertiary/aromatic N) is 1. The molecule has 1 atom stereocenters. The number of thiophene rings is 1. The van der Waals surface area contributed by atoms with E-state index in [9.17, 15) is 18.0 Å². The Hall–Kier alpha value is -2.23. The average Bonchev–Trinajstić information content (AvgIpc) is 3.43. The lowest BCUT2D eigenvalue weighted by atomic mass is 10.0. The van der Waals surface area contributed by atoms with Crippen LogP contribution in [0.25, 0.3) is 0 Å². The third-order valence-corrected chi connectivity index (χ3v) is 8.81. The second kappa shape index (κ2) is 9.93. The maximum absolute atomic E-state index is 12.8. The van der Waals surface area contributed by atoms with Crippen LogP contribution in [-0.4, -0.2) is 43.7 Å². The van der Waals surface area contributed by atoms with E-state index < -0.39 is 16.1 Å². The third-order valence-electron chi connectivity index (χ3n) is 5.36. The molecule has 1 unspecified atom stereocenters. The number of hydrogen-bond donors (Lipinski definition) is 2. The highest BCUT2D eigenvalue weighted by Crippen LogP contribution is 2.27. The van der Waals surface area contributed by atoms with Crippen molar-refractivity contribution in [2.75, 3.05) is 13.1 Å². The second-order valence-electron chi connectivity index (χ2n) is 8.06. The summed E-state index contributed by atoms with van der Waals surface area (Å²) >= 11 is 1.17. The van der Waals surface area contributed by atoms with Crippen molar-refractivity contribution in [2.24, 2.45) is 5.92 Å². The number of benzene rings is 1. The summed E-state index contributed by atoms with van der Waals surface area (Å²) in [6.45, 7) is 6.92. The molecule has 1 fully saturated rings. The minimum atomic E-state index is -3.45. The van der Waals surface area contributed by atoms with E-state index in [4.69, 9.17) is 0 Å². The number of rotatable bonds is 8. The summed E-state index contributed by atoms with van der Waals surface area (Å²) in [5.74, 6) is -0.696. The van der Waals surface area contributed by atoms with Crippen LogP contribution >= 0.6 is 11.3 Å². The van der Waals surface area contributed by atoms with Crippen LogP contribution in [0.3, 0.4) is 0 Å². The fourth-order valence-electron chi connectivity index (χ4n) is 3.51. The fraction of sp³-hybridized carbons (Fsp3) is 0.455. The zero-order valence-electron chi connectivity index (χ0n) is 18.1. The van der Waals surface area contributed by atoms with E-state index in [-0.39, 0.29) is 24.3 Å². The van der Waals surface area contributed by atoms with E-state index in [0.29, 0.717) is 22.9 Å². The molecule has 1 saturated heterocycles. The normalized spacial score (nSPS) is 15.7. The van der Waals surface area contributed by atoms with Crippen LogP contribution in [0, 0.1) is 12.8 Å². The first-order chi connectivity index (χ1) is 14.7. The van der Waals surface area contributed by atoms with Crippen LogP contribution in [-0.2, 0) is 21.4 Å². The van der Waals surface area contributed by atoms with Gasteiger partial charge < -0.3 is 10.6 Å². The number of carbonyl (C=O) groups excluding carboxylic acids is 2. The predicted molar refractivity (Wildman–Crippen MR) is 121 cm³/mol. The Kier molecular flexibility index (Phi) is 7.51. The summed E-state index contributed by atoms with van der Waals surface area (Å²) in [4.78, 5) is 26.2. The zero-order chi connectivity index (χ0) is 22.6. The molecular formula is C22H29N3O4S2. The fourth-order valence-corrected chi connectivity index (χ4v) is 6.48. The van der Waals surface area contributed by atoms with Crippen molar-refractivity contribution in [3.8, 4) is 0 Å². The molecule has 3 rings (SSSR count). The molecule has 2 N–H and O–H groups in total. The summed E-state index contributed by atoms with van der Waals surface area (Å²) in [6.07, 6.45) is 1.77. The van der Waals surface area contributed by atoms with Crippen molar-refractivity contribution < 1.29 is 18.0 Å². The molecule has 0 radical (unpaired) electrons. The number of nitrogens with one attached hydrogen (secondary N) is 2. The Morgan fingerprint density at radius 3 is 2.42 bits per heavy atom. The molecule has 2 aromatic rings. The van der Waals surface area contributed by atoms with Crippen molar-refractivity contribution in [1.29, 1.82) is 0 Å². The summed E-state index contributed by atoms with van der Waals surface area (Å²) in [6, 6.07) is 9.86. The summed E-state index contributed by atoms with van der Waals surface area (Å²) in [5.41, 5.74) is 1.38. The van der Waals surface area contributed by atoms with E-state index in [1.807, 2.05) is 32.9 Å². The lowest BCUT2D eigenvalue weighted by Gasteiger charge is -2.22. The minimum absolute atomic E-state index is 0.109. The molecule has 0 spiro atoms. The molecule has 31 heavy (non-hydrogen) atoms. The topological polar surface area (TPSA) is 95.6 Å². The summed E-state index contributed by atoms with van der Waals surface area (Å²) < 4.78 is 27.1. The smallest absolute Gasteiger partial charge is 0.252 e. The van der Waals surface area contributed by atoms with Crippen LogP contribution in [0.1, 0.15) is 47.5 Å². The van der Waals surface area contributed by atoms with Crippen molar-refractivity contribution >= 4 is 33.2 Å². The van der Waals surface area contributed by atoms with E-state index in [2.05, 4.69) is 10.6 Å². The number of hydrogen-bond acceptors (Lipinski definition) is 5. The van der Waals surface area contributed by atoms with Crippen molar-refractivity contribution in [2.45, 2.75) is 50.4 Å². The van der Waals surface area contributed by atoms with Crippen LogP contribution < -0.4 is 10.6 Å². The molecule has 7 nitrogen and oxygen atoms in total. The Bertz CT molecular complexity index is 1040. The highest BCUT2D eigenvalue weighted by molar-refractivity contribution is 7.91. The van der Waals surface area contributed by atoms with Crippen molar-refractivity contribution in [1.82, 2.24) is 14.9 Å². The van der Waals surface area contributed by atoms with Gasteiger partial charge >= 0.3 is 0 Å². The first kappa shape index (κ1) is 23.4. The standard InChI is InChI=1S/C22H29N3O4S2/c1-15(2)20(24-21(26)18-9-5-4-8-16(18)3)22(27)23-14-17-10-11-19(30-17)31(28,29)25-12-6-7-13-25/h4-5,8-11,15,20H,6-7,12-14H2,1-3H3,(H,23,27)(H,24,26). The number of amides is 2. The number of carbonyl (C=O) groups is 2. The molecule has 1 aromatic heterocycles. The van der Waals surface area contributed by atoms with Crippen LogP contribution in [0.15, 0.2) is 40.6 Å². The molecule has 1 aliphatic rings. The third kappa shape index (κ3) is 5.53. The second-order valence-corrected chi connectivity index (χ2v) is 11.4. The van der Waals surface area contributed by atoms with E-state index in [1.54, 1.807) is 24.3 Å². The highest BCUT2D eigenvalue weighted by Gasteiger charge is 2.29. The minimum Gasteiger partial charge on any atom is -0.349 e. The molecular weight excluding hydrogens is 434 g/mol. The van der Waals surface area contributed by atoms with Gasteiger partial charge in [-0.1, -0.05) is 32.0 Å². The molecule has 0 bridgehead atoms. The van der Waals surface area contributed by atoms with Gasteiger partial charge in [0.1, 0.15) is 10.3 Å². The quantitative estimate of drug-likeness (QED) is 0.629. The molecule has 1 aliphatic heterocycles.